The molecule has 1 aromatic rings. The van der Waals surface area contributed by atoms with E-state index in [0.717, 1.165) is 58.1 Å². The Morgan fingerprint density at radius 2 is 1.95 bits per heavy atom. The van der Waals surface area contributed by atoms with Gasteiger partial charge in [0.05, 0.1) is 6.33 Å². The average molecular weight is 295 g/mol. The number of imidazole rings is 1. The van der Waals surface area contributed by atoms with Crippen LogP contribution in [0.15, 0.2) is 23.7 Å². The summed E-state index contributed by atoms with van der Waals surface area (Å²) in [6, 6.07) is 0. The highest BCUT2D eigenvalue weighted by molar-refractivity contribution is 5.79. The van der Waals surface area contributed by atoms with Crippen molar-refractivity contribution in [3.63, 3.8) is 0 Å². The number of hydrogen-bond donors (Lipinski definition) is 2. The summed E-state index contributed by atoms with van der Waals surface area (Å²) in [5.41, 5.74) is 0. The molecule has 1 heterocycles. The number of aromatic nitrogens is 2. The molecule has 120 valence electrons. The van der Waals surface area contributed by atoms with Gasteiger partial charge in [0.25, 0.3) is 0 Å². The van der Waals surface area contributed by atoms with E-state index in [9.17, 15) is 0 Å². The normalized spacial score (nSPS) is 11.6. The minimum absolute atomic E-state index is 0.810. The van der Waals surface area contributed by atoms with Crippen LogP contribution in [0.3, 0.4) is 0 Å². The first-order chi connectivity index (χ1) is 10.4. The molecule has 0 fully saturated rings. The third-order valence-electron chi connectivity index (χ3n) is 3.07. The van der Waals surface area contributed by atoms with E-state index in [1.807, 2.05) is 12.5 Å². The third kappa shape index (κ3) is 9.07. The van der Waals surface area contributed by atoms with E-state index < -0.39 is 0 Å². The van der Waals surface area contributed by atoms with Gasteiger partial charge in [0, 0.05) is 52.3 Å². The van der Waals surface area contributed by atoms with Crippen molar-refractivity contribution in [3.05, 3.63) is 18.7 Å². The molecule has 21 heavy (non-hydrogen) atoms. The van der Waals surface area contributed by atoms with Gasteiger partial charge in [0.1, 0.15) is 0 Å². The Bertz CT molecular complexity index is 364. The summed E-state index contributed by atoms with van der Waals surface area (Å²) in [5, 5.41) is 6.60. The highest BCUT2D eigenvalue weighted by atomic mass is 16.5. The van der Waals surface area contributed by atoms with E-state index in [2.05, 4.69) is 32.1 Å². The van der Waals surface area contributed by atoms with Crippen molar-refractivity contribution in [1.82, 2.24) is 20.2 Å². The van der Waals surface area contributed by atoms with E-state index in [1.54, 1.807) is 13.2 Å². The van der Waals surface area contributed by atoms with Gasteiger partial charge in [0.2, 0.25) is 0 Å². The predicted molar refractivity (Wildman–Crippen MR) is 86.6 cm³/mol. The lowest BCUT2D eigenvalue weighted by Gasteiger charge is -2.12. The molecule has 0 unspecified atom stereocenters. The first-order valence-corrected chi connectivity index (χ1v) is 7.84. The smallest absolute Gasteiger partial charge is 0.190 e. The topological polar surface area (TPSA) is 63.5 Å². The molecule has 0 bridgehead atoms. The van der Waals surface area contributed by atoms with E-state index in [0.29, 0.717) is 0 Å². The van der Waals surface area contributed by atoms with Crippen LogP contribution in [-0.4, -0.2) is 48.9 Å². The molecular formula is C15H29N5O. The molecular weight excluding hydrogens is 266 g/mol. The molecule has 0 saturated heterocycles. The van der Waals surface area contributed by atoms with Crippen LogP contribution in [0.4, 0.5) is 0 Å². The van der Waals surface area contributed by atoms with Gasteiger partial charge in [-0.2, -0.15) is 0 Å². The van der Waals surface area contributed by atoms with Crippen LogP contribution in [0, 0.1) is 0 Å². The van der Waals surface area contributed by atoms with Crippen molar-refractivity contribution in [2.45, 2.75) is 39.2 Å². The summed E-state index contributed by atoms with van der Waals surface area (Å²) in [6.07, 6.45) is 9.99. The predicted octanol–water partition coefficient (Wildman–Crippen LogP) is 1.65. The summed E-state index contributed by atoms with van der Waals surface area (Å²) < 4.78 is 7.60. The highest BCUT2D eigenvalue weighted by Crippen LogP contribution is 1.90. The average Bonchev–Trinajstić information content (AvgIpc) is 3.01. The number of rotatable bonds is 11. The standard InChI is InChI=1S/C15H29N5O/c1-3-4-12-21-13-6-8-19-15(16-2)18-7-5-10-20-11-9-17-14-20/h9,11,14H,3-8,10,12-13H2,1-2H3,(H2,16,18,19). The Labute approximate surface area is 128 Å². The second-order valence-electron chi connectivity index (χ2n) is 4.90. The van der Waals surface area contributed by atoms with Crippen molar-refractivity contribution in [1.29, 1.82) is 0 Å². The molecule has 0 aliphatic heterocycles. The van der Waals surface area contributed by atoms with Gasteiger partial charge < -0.3 is 19.9 Å². The van der Waals surface area contributed by atoms with Crippen LogP contribution in [-0.2, 0) is 11.3 Å². The number of hydrogen-bond acceptors (Lipinski definition) is 3. The lowest BCUT2D eigenvalue weighted by Crippen LogP contribution is -2.38. The Morgan fingerprint density at radius 1 is 1.19 bits per heavy atom. The van der Waals surface area contributed by atoms with Gasteiger partial charge in [-0.15, -0.1) is 0 Å². The molecule has 2 N–H and O–H groups in total. The van der Waals surface area contributed by atoms with Crippen LogP contribution in [0.5, 0.6) is 0 Å². The monoisotopic (exact) mass is 295 g/mol. The number of aliphatic imine (C=N–C) groups is 1. The molecule has 1 aromatic heterocycles. The van der Waals surface area contributed by atoms with E-state index in [1.165, 1.54) is 6.42 Å². The Hall–Kier alpha value is -1.56. The quantitative estimate of drug-likeness (QED) is 0.370. The molecule has 6 heteroatoms. The number of nitrogens with one attached hydrogen (secondary N) is 2. The number of aryl methyl sites for hydroxylation is 1. The highest BCUT2D eigenvalue weighted by Gasteiger charge is 1.97. The fourth-order valence-electron chi connectivity index (χ4n) is 1.84. The molecule has 0 aliphatic rings. The summed E-state index contributed by atoms with van der Waals surface area (Å²) >= 11 is 0. The summed E-state index contributed by atoms with van der Waals surface area (Å²) in [7, 11) is 1.79. The molecule has 1 rings (SSSR count). The SMILES string of the molecule is CCCCOCCCNC(=NC)NCCCn1ccnc1. The van der Waals surface area contributed by atoms with Crippen molar-refractivity contribution >= 4 is 5.96 Å². The zero-order valence-corrected chi connectivity index (χ0v) is 13.3. The molecule has 6 nitrogen and oxygen atoms in total. The fourth-order valence-corrected chi connectivity index (χ4v) is 1.84. The largest absolute Gasteiger partial charge is 0.381 e. The minimum atomic E-state index is 0.810. The number of unbranched alkanes of at least 4 members (excludes halogenated alkanes) is 1. The Kier molecular flexibility index (Phi) is 10.2. The number of guanidine groups is 1. The number of nitrogens with zero attached hydrogens (tertiary/aromatic N) is 3. The molecule has 0 spiro atoms. The van der Waals surface area contributed by atoms with Gasteiger partial charge in [-0.25, -0.2) is 4.98 Å². The van der Waals surface area contributed by atoms with Gasteiger partial charge in [-0.1, -0.05) is 13.3 Å². The first kappa shape index (κ1) is 17.5. The van der Waals surface area contributed by atoms with Gasteiger partial charge in [-0.3, -0.25) is 4.99 Å². The zero-order chi connectivity index (χ0) is 15.2. The van der Waals surface area contributed by atoms with Crippen LogP contribution < -0.4 is 10.6 Å². The maximum absolute atomic E-state index is 5.52. The Balaban J connectivity index is 1.96. The van der Waals surface area contributed by atoms with Crippen LogP contribution in [0.1, 0.15) is 32.6 Å². The maximum Gasteiger partial charge on any atom is 0.190 e. The number of ether oxygens (including phenoxy) is 1. The van der Waals surface area contributed by atoms with E-state index >= 15 is 0 Å². The van der Waals surface area contributed by atoms with Crippen molar-refractivity contribution in [2.24, 2.45) is 4.99 Å². The third-order valence-corrected chi connectivity index (χ3v) is 3.07. The lowest BCUT2D eigenvalue weighted by molar-refractivity contribution is 0.129. The molecule has 0 aromatic carbocycles. The molecule has 0 saturated carbocycles. The second-order valence-corrected chi connectivity index (χ2v) is 4.90. The van der Waals surface area contributed by atoms with Gasteiger partial charge in [-0.05, 0) is 19.3 Å². The van der Waals surface area contributed by atoms with Crippen LogP contribution >= 0.6 is 0 Å². The zero-order valence-electron chi connectivity index (χ0n) is 13.3. The first-order valence-electron chi connectivity index (χ1n) is 7.84. The maximum atomic E-state index is 5.52. The van der Waals surface area contributed by atoms with Crippen LogP contribution in [0.2, 0.25) is 0 Å². The summed E-state index contributed by atoms with van der Waals surface area (Å²) in [5.74, 6) is 0.856. The van der Waals surface area contributed by atoms with E-state index in [-0.39, 0.29) is 0 Å². The Morgan fingerprint density at radius 3 is 2.62 bits per heavy atom. The molecule has 0 amide bonds. The van der Waals surface area contributed by atoms with Gasteiger partial charge >= 0.3 is 0 Å². The lowest BCUT2D eigenvalue weighted by atomic mass is 10.4. The molecule has 0 aliphatic carbocycles. The van der Waals surface area contributed by atoms with Crippen molar-refractivity contribution < 1.29 is 4.74 Å². The minimum Gasteiger partial charge on any atom is -0.381 e. The van der Waals surface area contributed by atoms with Crippen LogP contribution in [0.25, 0.3) is 0 Å². The summed E-state index contributed by atoms with van der Waals surface area (Å²) in [6.45, 7) is 6.60. The van der Waals surface area contributed by atoms with E-state index in [4.69, 9.17) is 4.74 Å². The fraction of sp³-hybridized carbons (Fsp3) is 0.733. The van der Waals surface area contributed by atoms with Crippen molar-refractivity contribution in [3.8, 4) is 0 Å². The van der Waals surface area contributed by atoms with Gasteiger partial charge in [0.15, 0.2) is 5.96 Å². The summed E-state index contributed by atoms with van der Waals surface area (Å²) in [4.78, 5) is 8.23. The molecule has 0 atom stereocenters. The molecule has 0 radical (unpaired) electrons. The second kappa shape index (κ2) is 12.2. The van der Waals surface area contributed by atoms with Crippen molar-refractivity contribution in [2.75, 3.05) is 33.4 Å².